The molecule has 0 bridgehead atoms. The highest BCUT2D eigenvalue weighted by molar-refractivity contribution is 5.83. The molecule has 3 heteroatoms. The van der Waals surface area contributed by atoms with Gasteiger partial charge in [0.15, 0.2) is 0 Å². The average Bonchev–Trinajstić information content (AvgIpc) is 3.19. The lowest BCUT2D eigenvalue weighted by atomic mass is 9.88. The number of hydrogen-bond donors (Lipinski definition) is 2. The Hall–Kier alpha value is -1.35. The van der Waals surface area contributed by atoms with Crippen LogP contribution in [0.1, 0.15) is 38.7 Å². The third-order valence-corrected chi connectivity index (χ3v) is 4.46. The van der Waals surface area contributed by atoms with Gasteiger partial charge in [0.2, 0.25) is 5.91 Å². The second-order valence-electron chi connectivity index (χ2n) is 6.12. The van der Waals surface area contributed by atoms with Crippen molar-refractivity contribution in [3.63, 3.8) is 0 Å². The Morgan fingerprint density at radius 3 is 2.58 bits per heavy atom. The molecule has 0 heterocycles. The van der Waals surface area contributed by atoms with Crippen molar-refractivity contribution in [1.82, 2.24) is 5.32 Å². The van der Waals surface area contributed by atoms with Gasteiger partial charge in [0.25, 0.3) is 0 Å². The molecule has 1 aliphatic rings. The van der Waals surface area contributed by atoms with Crippen LogP contribution in [0, 0.1) is 11.8 Å². The van der Waals surface area contributed by atoms with Gasteiger partial charge < -0.3 is 11.1 Å². The monoisotopic (exact) mass is 260 g/mol. The van der Waals surface area contributed by atoms with Crippen molar-refractivity contribution >= 4 is 5.91 Å². The van der Waals surface area contributed by atoms with E-state index in [9.17, 15) is 4.79 Å². The van der Waals surface area contributed by atoms with Gasteiger partial charge in [-0.25, -0.2) is 0 Å². The first-order valence-electron chi connectivity index (χ1n) is 7.05. The van der Waals surface area contributed by atoms with Crippen LogP contribution in [0.2, 0.25) is 0 Å². The van der Waals surface area contributed by atoms with Gasteiger partial charge in [0.05, 0.1) is 5.54 Å². The zero-order valence-electron chi connectivity index (χ0n) is 12.0. The number of nitrogens with two attached hydrogens (primary N) is 1. The number of benzene rings is 1. The Morgan fingerprint density at radius 1 is 1.42 bits per heavy atom. The Labute approximate surface area is 115 Å². The molecule has 1 aromatic rings. The van der Waals surface area contributed by atoms with Crippen molar-refractivity contribution in [3.8, 4) is 0 Å². The van der Waals surface area contributed by atoms with Crippen molar-refractivity contribution < 1.29 is 4.79 Å². The number of amides is 1. The van der Waals surface area contributed by atoms with Crippen molar-refractivity contribution in [2.75, 3.05) is 6.54 Å². The maximum absolute atomic E-state index is 12.3. The summed E-state index contributed by atoms with van der Waals surface area (Å²) in [7, 11) is 0. The number of hydrogen-bond acceptors (Lipinski definition) is 2. The fourth-order valence-corrected chi connectivity index (χ4v) is 2.36. The zero-order chi connectivity index (χ0) is 14.0. The first-order valence-corrected chi connectivity index (χ1v) is 7.05. The van der Waals surface area contributed by atoms with E-state index in [4.69, 9.17) is 5.73 Å². The van der Waals surface area contributed by atoms with E-state index in [0.717, 1.165) is 6.42 Å². The van der Waals surface area contributed by atoms with Crippen LogP contribution in [0.4, 0.5) is 0 Å². The maximum atomic E-state index is 12.3. The van der Waals surface area contributed by atoms with Crippen molar-refractivity contribution in [1.29, 1.82) is 0 Å². The van der Waals surface area contributed by atoms with E-state index in [0.29, 0.717) is 18.4 Å². The minimum Gasteiger partial charge on any atom is -0.349 e. The quantitative estimate of drug-likeness (QED) is 0.853. The lowest BCUT2D eigenvalue weighted by Gasteiger charge is -2.33. The minimum atomic E-state index is -0.305. The summed E-state index contributed by atoms with van der Waals surface area (Å²) in [4.78, 5) is 12.3. The summed E-state index contributed by atoms with van der Waals surface area (Å²) in [6, 6.07) is 10.3. The van der Waals surface area contributed by atoms with E-state index in [2.05, 4.69) is 31.3 Å². The molecule has 3 atom stereocenters. The van der Waals surface area contributed by atoms with Gasteiger partial charge in [0, 0.05) is 12.5 Å². The minimum absolute atomic E-state index is 0.118. The lowest BCUT2D eigenvalue weighted by molar-refractivity contribution is -0.124. The third kappa shape index (κ3) is 2.98. The molecule has 1 amide bonds. The second-order valence-corrected chi connectivity index (χ2v) is 6.12. The third-order valence-electron chi connectivity index (χ3n) is 4.46. The molecule has 0 aliphatic heterocycles. The highest BCUT2D eigenvalue weighted by Crippen LogP contribution is 2.47. The number of rotatable bonds is 5. The topological polar surface area (TPSA) is 55.1 Å². The molecule has 0 saturated heterocycles. The summed E-state index contributed by atoms with van der Waals surface area (Å²) >= 11 is 0. The SMILES string of the molecule is CC(C)C(C)(CN)NC(=O)C1CC1c1ccccc1. The molecule has 1 fully saturated rings. The van der Waals surface area contributed by atoms with Gasteiger partial charge in [-0.1, -0.05) is 44.2 Å². The molecule has 1 saturated carbocycles. The molecule has 2 rings (SSSR count). The van der Waals surface area contributed by atoms with E-state index in [1.54, 1.807) is 0 Å². The van der Waals surface area contributed by atoms with Crippen molar-refractivity contribution in [3.05, 3.63) is 35.9 Å². The Kier molecular flexibility index (Phi) is 3.95. The van der Waals surface area contributed by atoms with Gasteiger partial charge in [-0.3, -0.25) is 4.79 Å². The first-order chi connectivity index (χ1) is 8.98. The van der Waals surface area contributed by atoms with Crippen LogP contribution in [0.25, 0.3) is 0 Å². The van der Waals surface area contributed by atoms with E-state index in [1.807, 2.05) is 25.1 Å². The molecule has 3 unspecified atom stereocenters. The van der Waals surface area contributed by atoms with Gasteiger partial charge in [-0.05, 0) is 30.7 Å². The maximum Gasteiger partial charge on any atom is 0.224 e. The first kappa shape index (κ1) is 14.1. The fourth-order valence-electron chi connectivity index (χ4n) is 2.36. The summed E-state index contributed by atoms with van der Waals surface area (Å²) in [5, 5.41) is 3.14. The molecule has 104 valence electrons. The van der Waals surface area contributed by atoms with Crippen molar-refractivity contribution in [2.45, 2.75) is 38.6 Å². The molecule has 3 N–H and O–H groups in total. The van der Waals surface area contributed by atoms with Crippen molar-refractivity contribution in [2.24, 2.45) is 17.6 Å². The predicted molar refractivity (Wildman–Crippen MR) is 77.7 cm³/mol. The number of nitrogens with one attached hydrogen (secondary N) is 1. The van der Waals surface area contributed by atoms with Crippen LogP contribution in [-0.2, 0) is 4.79 Å². The van der Waals surface area contributed by atoms with E-state index in [-0.39, 0.29) is 17.4 Å². The highest BCUT2D eigenvalue weighted by Gasteiger charge is 2.45. The van der Waals surface area contributed by atoms with Crippen LogP contribution >= 0.6 is 0 Å². The standard InChI is InChI=1S/C16H24N2O/c1-11(2)16(3,10-17)18-15(19)14-9-13(14)12-7-5-4-6-8-12/h4-8,11,13-14H,9-10,17H2,1-3H3,(H,18,19). The molecule has 0 radical (unpaired) electrons. The fraction of sp³-hybridized carbons (Fsp3) is 0.562. The molecular weight excluding hydrogens is 236 g/mol. The highest BCUT2D eigenvalue weighted by atomic mass is 16.2. The van der Waals surface area contributed by atoms with E-state index >= 15 is 0 Å². The van der Waals surface area contributed by atoms with Crippen LogP contribution in [0.15, 0.2) is 30.3 Å². The van der Waals surface area contributed by atoms with Crippen LogP contribution in [-0.4, -0.2) is 18.0 Å². The average molecular weight is 260 g/mol. The predicted octanol–water partition coefficient (Wildman–Crippen LogP) is 2.28. The molecule has 19 heavy (non-hydrogen) atoms. The summed E-state index contributed by atoms with van der Waals surface area (Å²) in [6.45, 7) is 6.68. The van der Waals surface area contributed by atoms with Crippen LogP contribution in [0.5, 0.6) is 0 Å². The largest absolute Gasteiger partial charge is 0.349 e. The number of carbonyl (C=O) groups excluding carboxylic acids is 1. The summed E-state index contributed by atoms with van der Waals surface area (Å²) in [6.07, 6.45) is 0.953. The van der Waals surface area contributed by atoms with Gasteiger partial charge in [-0.15, -0.1) is 0 Å². The summed E-state index contributed by atoms with van der Waals surface area (Å²) in [5.74, 6) is 0.980. The van der Waals surface area contributed by atoms with E-state index < -0.39 is 0 Å². The van der Waals surface area contributed by atoms with Crippen LogP contribution < -0.4 is 11.1 Å². The molecular formula is C16H24N2O. The van der Waals surface area contributed by atoms with Gasteiger partial charge in [0.1, 0.15) is 0 Å². The normalized spacial score (nSPS) is 24.9. The second kappa shape index (κ2) is 5.33. The Morgan fingerprint density at radius 2 is 2.05 bits per heavy atom. The summed E-state index contributed by atoms with van der Waals surface area (Å²) < 4.78 is 0. The summed E-state index contributed by atoms with van der Waals surface area (Å²) in [5.41, 5.74) is 6.77. The van der Waals surface area contributed by atoms with Crippen LogP contribution in [0.3, 0.4) is 0 Å². The zero-order valence-corrected chi connectivity index (χ0v) is 12.0. The Bertz CT molecular complexity index is 443. The molecule has 0 aromatic heterocycles. The molecule has 3 nitrogen and oxygen atoms in total. The lowest BCUT2D eigenvalue weighted by Crippen LogP contribution is -2.55. The molecule has 0 spiro atoms. The van der Waals surface area contributed by atoms with Gasteiger partial charge in [-0.2, -0.15) is 0 Å². The Balaban J connectivity index is 1.97. The molecule has 1 aromatic carbocycles. The van der Waals surface area contributed by atoms with Gasteiger partial charge >= 0.3 is 0 Å². The smallest absolute Gasteiger partial charge is 0.224 e. The molecule has 1 aliphatic carbocycles. The number of carbonyl (C=O) groups is 1. The van der Waals surface area contributed by atoms with E-state index in [1.165, 1.54) is 5.56 Å².